The molecule has 1 aromatic carbocycles. The van der Waals surface area contributed by atoms with Gasteiger partial charge in [0.1, 0.15) is 11.2 Å². The minimum absolute atomic E-state index is 0.0422. The van der Waals surface area contributed by atoms with Crippen LogP contribution in [0.25, 0.3) is 0 Å². The third-order valence-corrected chi connectivity index (χ3v) is 2.95. The molecule has 0 aliphatic rings. The maximum Gasteiger partial charge on any atom is 0.434 e. The second-order valence-corrected chi connectivity index (χ2v) is 4.60. The lowest BCUT2D eigenvalue weighted by atomic mass is 10.3. The number of nitrogens with zero attached hydrogens (tertiary/aromatic N) is 1. The topological polar surface area (TPSA) is 68.1 Å². The molecule has 17 heavy (non-hydrogen) atoms. The van der Waals surface area contributed by atoms with Gasteiger partial charge in [-0.05, 0) is 19.1 Å². The van der Waals surface area contributed by atoms with Crippen LogP contribution >= 0.6 is 11.8 Å². The maximum atomic E-state index is 10.7. The van der Waals surface area contributed by atoms with Crippen molar-refractivity contribution in [2.45, 2.75) is 18.1 Å². The third kappa shape index (κ3) is 3.67. The van der Waals surface area contributed by atoms with Gasteiger partial charge in [-0.25, -0.2) is 9.89 Å². The summed E-state index contributed by atoms with van der Waals surface area (Å²) < 4.78 is 10.4. The second-order valence-electron chi connectivity index (χ2n) is 3.32. The maximum absolute atomic E-state index is 10.7. The Kier molecular flexibility index (Phi) is 3.87. The molecule has 90 valence electrons. The largest absolute Gasteiger partial charge is 0.480 e. The Morgan fingerprint density at radius 2 is 2.24 bits per heavy atom. The van der Waals surface area contributed by atoms with Gasteiger partial charge in [0.05, 0.1) is 5.75 Å². The van der Waals surface area contributed by atoms with Gasteiger partial charge in [-0.15, -0.1) is 16.9 Å². The fourth-order valence-corrected chi connectivity index (χ4v) is 1.92. The van der Waals surface area contributed by atoms with Gasteiger partial charge in [-0.3, -0.25) is 0 Å². The summed E-state index contributed by atoms with van der Waals surface area (Å²) in [6.07, 6.45) is 0. The molecule has 1 atom stereocenters. The number of benzene rings is 1. The van der Waals surface area contributed by atoms with E-state index in [4.69, 9.17) is 9.15 Å². The number of aromatic amines is 1. The van der Waals surface area contributed by atoms with Crippen molar-refractivity contribution in [1.29, 1.82) is 0 Å². The van der Waals surface area contributed by atoms with Gasteiger partial charge >= 0.3 is 5.76 Å². The first kappa shape index (κ1) is 11.8. The lowest BCUT2D eigenvalue weighted by molar-refractivity contribution is 0.307. The van der Waals surface area contributed by atoms with Crippen molar-refractivity contribution < 1.29 is 9.15 Å². The third-order valence-electron chi connectivity index (χ3n) is 1.97. The van der Waals surface area contributed by atoms with E-state index >= 15 is 0 Å². The lowest BCUT2D eigenvalue weighted by Crippen LogP contribution is -2.07. The molecule has 0 saturated heterocycles. The Labute approximate surface area is 102 Å². The number of thioether (sulfide) groups is 1. The number of rotatable bonds is 5. The average molecular weight is 252 g/mol. The number of ether oxygens (including phenoxy) is 1. The molecule has 6 heteroatoms. The molecule has 1 heterocycles. The Morgan fingerprint density at radius 3 is 2.88 bits per heavy atom. The van der Waals surface area contributed by atoms with Crippen LogP contribution in [-0.2, 0) is 5.75 Å². The highest BCUT2D eigenvalue weighted by atomic mass is 32.2. The van der Waals surface area contributed by atoms with E-state index in [-0.39, 0.29) is 5.44 Å². The van der Waals surface area contributed by atoms with Gasteiger partial charge < -0.3 is 9.15 Å². The molecule has 0 spiro atoms. The van der Waals surface area contributed by atoms with Crippen LogP contribution < -0.4 is 10.5 Å². The van der Waals surface area contributed by atoms with Crippen molar-refractivity contribution >= 4 is 11.8 Å². The highest BCUT2D eigenvalue weighted by molar-refractivity contribution is 7.98. The van der Waals surface area contributed by atoms with E-state index < -0.39 is 5.76 Å². The molecule has 0 aliphatic heterocycles. The smallest absolute Gasteiger partial charge is 0.434 e. The van der Waals surface area contributed by atoms with Gasteiger partial charge in [0.15, 0.2) is 0 Å². The van der Waals surface area contributed by atoms with Gasteiger partial charge in [-0.1, -0.05) is 18.2 Å². The average Bonchev–Trinajstić information content (AvgIpc) is 2.74. The molecule has 1 unspecified atom stereocenters. The van der Waals surface area contributed by atoms with Crippen LogP contribution in [0.2, 0.25) is 0 Å². The predicted molar refractivity (Wildman–Crippen MR) is 65.0 cm³/mol. The highest BCUT2D eigenvalue weighted by Gasteiger charge is 2.08. The molecule has 1 aromatic heterocycles. The van der Waals surface area contributed by atoms with Crippen LogP contribution in [0, 0.1) is 0 Å². The molecular formula is C11H12N2O3S. The monoisotopic (exact) mass is 252 g/mol. The summed E-state index contributed by atoms with van der Waals surface area (Å²) in [7, 11) is 0. The number of H-pyrrole nitrogens is 1. The summed E-state index contributed by atoms with van der Waals surface area (Å²) in [5, 5.41) is 5.93. The standard InChI is InChI=1S/C11H12N2O3S/c1-8(15-9-5-3-2-4-6-9)17-7-10-12-13-11(14)16-10/h2-6,8H,7H2,1H3,(H,13,14). The minimum Gasteiger partial charge on any atom is -0.480 e. The molecule has 0 saturated carbocycles. The van der Waals surface area contributed by atoms with E-state index in [1.165, 1.54) is 11.8 Å². The highest BCUT2D eigenvalue weighted by Crippen LogP contribution is 2.20. The van der Waals surface area contributed by atoms with Crippen LogP contribution in [0.15, 0.2) is 39.5 Å². The van der Waals surface area contributed by atoms with Crippen LogP contribution in [0.1, 0.15) is 12.8 Å². The van der Waals surface area contributed by atoms with E-state index in [1.807, 2.05) is 37.3 Å². The SMILES string of the molecule is CC(Oc1ccccc1)SCc1n[nH]c(=O)o1. The number of nitrogens with one attached hydrogen (secondary N) is 1. The molecule has 0 bridgehead atoms. The normalized spacial score (nSPS) is 12.3. The lowest BCUT2D eigenvalue weighted by Gasteiger charge is -2.12. The van der Waals surface area contributed by atoms with E-state index in [0.717, 1.165) is 5.75 Å². The fourth-order valence-electron chi connectivity index (χ4n) is 1.24. The first-order valence-electron chi connectivity index (χ1n) is 5.12. The number of hydrogen-bond donors (Lipinski definition) is 1. The zero-order valence-corrected chi connectivity index (χ0v) is 10.1. The quantitative estimate of drug-likeness (QED) is 0.824. The van der Waals surface area contributed by atoms with Gasteiger partial charge in [0.2, 0.25) is 5.89 Å². The first-order chi connectivity index (χ1) is 8.24. The van der Waals surface area contributed by atoms with Crippen molar-refractivity contribution in [2.75, 3.05) is 0 Å². The Morgan fingerprint density at radius 1 is 1.47 bits per heavy atom. The Balaban J connectivity index is 1.82. The van der Waals surface area contributed by atoms with E-state index in [2.05, 4.69) is 10.2 Å². The minimum atomic E-state index is -0.530. The van der Waals surface area contributed by atoms with Crippen LogP contribution in [0.5, 0.6) is 5.75 Å². The van der Waals surface area contributed by atoms with Crippen molar-refractivity contribution in [3.05, 3.63) is 46.8 Å². The molecule has 0 amide bonds. The van der Waals surface area contributed by atoms with Crippen molar-refractivity contribution in [1.82, 2.24) is 10.2 Å². The summed E-state index contributed by atoms with van der Waals surface area (Å²) in [5.41, 5.74) is -0.0422. The zero-order valence-electron chi connectivity index (χ0n) is 9.25. The molecule has 2 rings (SSSR count). The Bertz CT molecular complexity index is 509. The summed E-state index contributed by atoms with van der Waals surface area (Å²) in [6.45, 7) is 1.93. The second kappa shape index (κ2) is 5.58. The van der Waals surface area contributed by atoms with Crippen molar-refractivity contribution in [2.24, 2.45) is 0 Å². The first-order valence-corrected chi connectivity index (χ1v) is 6.16. The molecule has 0 fully saturated rings. The van der Waals surface area contributed by atoms with E-state index in [1.54, 1.807) is 0 Å². The summed E-state index contributed by atoms with van der Waals surface area (Å²) >= 11 is 1.50. The molecule has 1 N–H and O–H groups in total. The Hall–Kier alpha value is -1.69. The van der Waals surface area contributed by atoms with Crippen LogP contribution in [-0.4, -0.2) is 15.6 Å². The van der Waals surface area contributed by atoms with E-state index in [9.17, 15) is 4.79 Å². The summed E-state index contributed by atoms with van der Waals surface area (Å²) in [5.74, 6) is 1.16. The predicted octanol–water partition coefficient (Wildman–Crippen LogP) is 2.02. The number of hydrogen-bond acceptors (Lipinski definition) is 5. The summed E-state index contributed by atoms with van der Waals surface area (Å²) in [4.78, 5) is 10.7. The number of para-hydroxylation sites is 1. The number of aromatic nitrogens is 2. The van der Waals surface area contributed by atoms with Gasteiger partial charge in [0, 0.05) is 0 Å². The van der Waals surface area contributed by atoms with Crippen LogP contribution in [0.3, 0.4) is 0 Å². The van der Waals surface area contributed by atoms with E-state index in [0.29, 0.717) is 11.6 Å². The van der Waals surface area contributed by atoms with Gasteiger partial charge in [0.25, 0.3) is 0 Å². The van der Waals surface area contributed by atoms with Crippen LogP contribution in [0.4, 0.5) is 0 Å². The molecule has 2 aromatic rings. The molecular weight excluding hydrogens is 240 g/mol. The van der Waals surface area contributed by atoms with Crippen molar-refractivity contribution in [3.8, 4) is 5.75 Å². The molecule has 5 nitrogen and oxygen atoms in total. The summed E-state index contributed by atoms with van der Waals surface area (Å²) in [6, 6.07) is 9.56. The van der Waals surface area contributed by atoms with Gasteiger partial charge in [-0.2, -0.15) is 0 Å². The van der Waals surface area contributed by atoms with Crippen molar-refractivity contribution in [3.63, 3.8) is 0 Å². The molecule has 0 radical (unpaired) electrons. The zero-order chi connectivity index (χ0) is 12.1. The fraction of sp³-hybridized carbons (Fsp3) is 0.273. The molecule has 0 aliphatic carbocycles.